The summed E-state index contributed by atoms with van der Waals surface area (Å²) in [6.45, 7) is 0. The highest BCUT2D eigenvalue weighted by atomic mass is 32.2. The van der Waals surface area contributed by atoms with Crippen LogP contribution < -0.4 is 11.1 Å². The van der Waals surface area contributed by atoms with Gasteiger partial charge in [-0.1, -0.05) is 12.1 Å². The van der Waals surface area contributed by atoms with Crippen LogP contribution in [0.4, 0.5) is 18.9 Å². The van der Waals surface area contributed by atoms with Gasteiger partial charge in [0.05, 0.1) is 0 Å². The highest BCUT2D eigenvalue weighted by Gasteiger charge is 2.31. The number of alkyl halides is 3. The highest BCUT2D eigenvalue weighted by Crippen LogP contribution is 2.40. The number of nitrogens with two attached hydrogens (primary N) is 1. The van der Waals surface area contributed by atoms with E-state index in [1.54, 1.807) is 18.2 Å². The van der Waals surface area contributed by atoms with Gasteiger partial charge >= 0.3 is 5.51 Å². The fourth-order valence-electron chi connectivity index (χ4n) is 2.17. The van der Waals surface area contributed by atoms with E-state index in [-0.39, 0.29) is 28.7 Å². The predicted octanol–water partition coefficient (Wildman–Crippen LogP) is 3.59. The molecule has 0 amide bonds. The quantitative estimate of drug-likeness (QED) is 0.829. The molecule has 6 heteroatoms. The maximum absolute atomic E-state index is 12.4. The second kappa shape index (κ2) is 5.40. The third-order valence-corrected chi connectivity index (χ3v) is 3.75. The number of anilines is 1. The maximum Gasteiger partial charge on any atom is 0.446 e. The second-order valence-electron chi connectivity index (χ2n) is 4.46. The monoisotopic (exact) mass is 276 g/mol. The first-order valence-electron chi connectivity index (χ1n) is 5.81. The Labute approximate surface area is 108 Å². The van der Waals surface area contributed by atoms with Crippen LogP contribution in [0.3, 0.4) is 0 Å². The molecule has 1 aromatic carbocycles. The zero-order valence-corrected chi connectivity index (χ0v) is 10.5. The zero-order chi connectivity index (χ0) is 13.2. The van der Waals surface area contributed by atoms with Crippen LogP contribution in [0.1, 0.15) is 19.3 Å². The summed E-state index contributed by atoms with van der Waals surface area (Å²) in [4.78, 5) is 0.213. The normalized spacial score (nSPS) is 24.2. The lowest BCUT2D eigenvalue weighted by Gasteiger charge is -2.17. The van der Waals surface area contributed by atoms with Crippen LogP contribution in [0.15, 0.2) is 29.2 Å². The molecule has 0 radical (unpaired) electrons. The van der Waals surface area contributed by atoms with Gasteiger partial charge in [0.25, 0.3) is 0 Å². The van der Waals surface area contributed by atoms with Gasteiger partial charge in [-0.2, -0.15) is 13.2 Å². The van der Waals surface area contributed by atoms with Crippen molar-refractivity contribution in [3.8, 4) is 0 Å². The molecule has 2 atom stereocenters. The largest absolute Gasteiger partial charge is 0.446 e. The van der Waals surface area contributed by atoms with E-state index < -0.39 is 5.51 Å². The van der Waals surface area contributed by atoms with E-state index in [0.29, 0.717) is 5.69 Å². The van der Waals surface area contributed by atoms with Gasteiger partial charge in [-0.15, -0.1) is 0 Å². The van der Waals surface area contributed by atoms with Gasteiger partial charge in [-0.3, -0.25) is 0 Å². The number of hydrogen-bond acceptors (Lipinski definition) is 3. The van der Waals surface area contributed by atoms with Gasteiger partial charge in [-0.25, -0.2) is 0 Å². The molecule has 0 aliphatic heterocycles. The Morgan fingerprint density at radius 3 is 2.56 bits per heavy atom. The smallest absolute Gasteiger partial charge is 0.381 e. The molecule has 0 saturated heterocycles. The van der Waals surface area contributed by atoms with Crippen molar-refractivity contribution < 1.29 is 13.2 Å². The van der Waals surface area contributed by atoms with Crippen molar-refractivity contribution in [1.29, 1.82) is 0 Å². The molecule has 0 heterocycles. The topological polar surface area (TPSA) is 38.0 Å². The number of halogens is 3. The Morgan fingerprint density at radius 2 is 1.94 bits per heavy atom. The van der Waals surface area contributed by atoms with Gasteiger partial charge < -0.3 is 11.1 Å². The lowest BCUT2D eigenvalue weighted by atomic mass is 10.2. The summed E-state index contributed by atoms with van der Waals surface area (Å²) in [5, 5.41) is 3.16. The van der Waals surface area contributed by atoms with Crippen molar-refractivity contribution >= 4 is 17.4 Å². The number of para-hydroxylation sites is 1. The summed E-state index contributed by atoms with van der Waals surface area (Å²) in [6, 6.07) is 6.84. The predicted molar refractivity (Wildman–Crippen MR) is 67.6 cm³/mol. The van der Waals surface area contributed by atoms with Crippen LogP contribution in [0.2, 0.25) is 0 Å². The third kappa shape index (κ3) is 3.81. The molecule has 2 rings (SSSR count). The maximum atomic E-state index is 12.4. The van der Waals surface area contributed by atoms with Crippen LogP contribution in [0, 0.1) is 0 Å². The van der Waals surface area contributed by atoms with E-state index in [1.807, 2.05) is 0 Å². The summed E-state index contributed by atoms with van der Waals surface area (Å²) in [6.07, 6.45) is 2.64. The molecule has 2 unspecified atom stereocenters. The molecule has 1 aliphatic carbocycles. The minimum atomic E-state index is -4.26. The molecule has 0 bridgehead atoms. The summed E-state index contributed by atoms with van der Waals surface area (Å²) in [5.74, 6) is 0. The first-order valence-corrected chi connectivity index (χ1v) is 6.62. The van der Waals surface area contributed by atoms with Crippen molar-refractivity contribution in [2.24, 2.45) is 5.73 Å². The lowest BCUT2D eigenvalue weighted by Crippen LogP contribution is -2.21. The fourth-order valence-corrected chi connectivity index (χ4v) is 2.80. The Kier molecular flexibility index (Phi) is 4.07. The Morgan fingerprint density at radius 1 is 1.22 bits per heavy atom. The summed E-state index contributed by atoms with van der Waals surface area (Å²) in [5.41, 5.74) is 2.07. The molecule has 100 valence electrons. The highest BCUT2D eigenvalue weighted by molar-refractivity contribution is 8.00. The number of thioether (sulfide) groups is 1. The molecule has 0 spiro atoms. The Hall–Kier alpha value is -0.880. The van der Waals surface area contributed by atoms with E-state index in [4.69, 9.17) is 5.73 Å². The minimum absolute atomic E-state index is 0.0822. The first kappa shape index (κ1) is 13.5. The summed E-state index contributed by atoms with van der Waals surface area (Å²) in [7, 11) is 0. The van der Waals surface area contributed by atoms with E-state index in [0.717, 1.165) is 19.3 Å². The molecule has 1 saturated carbocycles. The minimum Gasteiger partial charge on any atom is -0.381 e. The molecule has 1 fully saturated rings. The van der Waals surface area contributed by atoms with E-state index >= 15 is 0 Å². The van der Waals surface area contributed by atoms with Crippen molar-refractivity contribution in [2.75, 3.05) is 5.32 Å². The average Bonchev–Trinajstić information content (AvgIpc) is 2.65. The first-order chi connectivity index (χ1) is 8.44. The van der Waals surface area contributed by atoms with Gasteiger partial charge in [0.15, 0.2) is 0 Å². The molecular formula is C12H15F3N2S. The summed E-state index contributed by atoms with van der Waals surface area (Å²) < 4.78 is 37.2. The molecule has 3 N–H and O–H groups in total. The zero-order valence-electron chi connectivity index (χ0n) is 9.70. The van der Waals surface area contributed by atoms with E-state index in [2.05, 4.69) is 5.32 Å². The van der Waals surface area contributed by atoms with Gasteiger partial charge in [0.1, 0.15) is 0 Å². The molecule has 0 aromatic heterocycles. The number of nitrogens with one attached hydrogen (secondary N) is 1. The van der Waals surface area contributed by atoms with E-state index in [1.165, 1.54) is 6.07 Å². The second-order valence-corrected chi connectivity index (χ2v) is 5.57. The lowest BCUT2D eigenvalue weighted by molar-refractivity contribution is -0.0327. The van der Waals surface area contributed by atoms with Gasteiger partial charge in [0.2, 0.25) is 0 Å². The Balaban J connectivity index is 2.07. The van der Waals surface area contributed by atoms with Gasteiger partial charge in [0, 0.05) is 22.7 Å². The SMILES string of the molecule is NC1CCC(Nc2ccccc2SC(F)(F)F)C1. The molecule has 2 nitrogen and oxygen atoms in total. The van der Waals surface area contributed by atoms with Crippen molar-refractivity contribution in [1.82, 2.24) is 0 Å². The third-order valence-electron chi connectivity index (χ3n) is 2.95. The van der Waals surface area contributed by atoms with Crippen molar-refractivity contribution in [3.05, 3.63) is 24.3 Å². The van der Waals surface area contributed by atoms with Crippen molar-refractivity contribution in [2.45, 2.75) is 41.7 Å². The molecular weight excluding hydrogens is 261 g/mol. The van der Waals surface area contributed by atoms with E-state index in [9.17, 15) is 13.2 Å². The van der Waals surface area contributed by atoms with Crippen LogP contribution in [-0.2, 0) is 0 Å². The molecule has 1 aliphatic rings. The number of hydrogen-bond donors (Lipinski definition) is 2. The van der Waals surface area contributed by atoms with Crippen LogP contribution in [-0.4, -0.2) is 17.6 Å². The van der Waals surface area contributed by atoms with Crippen molar-refractivity contribution in [3.63, 3.8) is 0 Å². The standard InChI is InChI=1S/C12H15F3N2S/c13-12(14,15)18-11-4-2-1-3-10(11)17-9-6-5-8(16)7-9/h1-4,8-9,17H,5-7,16H2. The van der Waals surface area contributed by atoms with Gasteiger partial charge in [-0.05, 0) is 43.2 Å². The average molecular weight is 276 g/mol. The van der Waals surface area contributed by atoms with Crippen LogP contribution in [0.25, 0.3) is 0 Å². The van der Waals surface area contributed by atoms with Crippen LogP contribution in [0.5, 0.6) is 0 Å². The Bertz CT molecular complexity index is 409. The van der Waals surface area contributed by atoms with Crippen LogP contribution >= 0.6 is 11.8 Å². The summed E-state index contributed by atoms with van der Waals surface area (Å²) >= 11 is -0.0822. The number of benzene rings is 1. The molecule has 1 aromatic rings. The molecule has 18 heavy (non-hydrogen) atoms. The fraction of sp³-hybridized carbons (Fsp3) is 0.500. The number of rotatable bonds is 3.